The van der Waals surface area contributed by atoms with Crippen LogP contribution in [-0.2, 0) is 14.2 Å². The van der Waals surface area contributed by atoms with Gasteiger partial charge in [0.05, 0.1) is 6.10 Å². The second-order valence-electron chi connectivity index (χ2n) is 2.40. The molecule has 68 valence electrons. The van der Waals surface area contributed by atoms with Crippen molar-refractivity contribution in [1.82, 2.24) is 0 Å². The summed E-state index contributed by atoms with van der Waals surface area (Å²) < 4.78 is 15.2. The van der Waals surface area contributed by atoms with Gasteiger partial charge in [0, 0.05) is 27.8 Å². The van der Waals surface area contributed by atoms with Gasteiger partial charge in [-0.05, 0) is 6.42 Å². The molecule has 3 nitrogen and oxygen atoms in total. The minimum atomic E-state index is -0.139. The minimum Gasteiger partial charge on any atom is -0.381 e. The first kappa shape index (κ1) is 10.9. The van der Waals surface area contributed by atoms with Crippen LogP contribution in [0.3, 0.4) is 0 Å². The quantitative estimate of drug-likeness (QED) is 0.553. The summed E-state index contributed by atoms with van der Waals surface area (Å²) in [6.45, 7) is 2.08. The molecule has 0 amide bonds. The highest BCUT2D eigenvalue weighted by atomic mass is 16.7. The summed E-state index contributed by atoms with van der Waals surface area (Å²) in [7, 11) is 4.98. The maximum absolute atomic E-state index is 5.17. The average molecular weight is 162 g/mol. The molecule has 0 rings (SSSR count). The lowest BCUT2D eigenvalue weighted by atomic mass is 10.2. The zero-order valence-corrected chi connectivity index (χ0v) is 7.79. The van der Waals surface area contributed by atoms with E-state index in [1.807, 2.05) is 0 Å². The van der Waals surface area contributed by atoms with Gasteiger partial charge in [-0.3, -0.25) is 0 Å². The molecule has 0 spiro atoms. The van der Waals surface area contributed by atoms with Crippen molar-refractivity contribution in [3.05, 3.63) is 0 Å². The maximum Gasteiger partial charge on any atom is 0.159 e. The number of ether oxygens (including phenoxy) is 3. The Morgan fingerprint density at radius 2 is 1.55 bits per heavy atom. The second-order valence-corrected chi connectivity index (χ2v) is 2.40. The van der Waals surface area contributed by atoms with Crippen molar-refractivity contribution < 1.29 is 14.2 Å². The van der Waals surface area contributed by atoms with Crippen LogP contribution in [0.5, 0.6) is 0 Å². The maximum atomic E-state index is 5.17. The molecular formula is C8H18O3. The van der Waals surface area contributed by atoms with Crippen LogP contribution < -0.4 is 0 Å². The molecule has 1 atom stereocenters. The number of hydrogen-bond donors (Lipinski definition) is 0. The van der Waals surface area contributed by atoms with Crippen LogP contribution in [0.15, 0.2) is 0 Å². The summed E-state index contributed by atoms with van der Waals surface area (Å²) in [5.74, 6) is 0. The summed E-state index contributed by atoms with van der Waals surface area (Å²) in [6, 6.07) is 0. The molecule has 0 aliphatic rings. The monoisotopic (exact) mass is 162 g/mol. The lowest BCUT2D eigenvalue weighted by molar-refractivity contribution is -0.126. The van der Waals surface area contributed by atoms with Crippen molar-refractivity contribution >= 4 is 0 Å². The van der Waals surface area contributed by atoms with E-state index in [1.165, 1.54) is 0 Å². The molecule has 0 fully saturated rings. The van der Waals surface area contributed by atoms with E-state index < -0.39 is 0 Å². The molecule has 0 saturated heterocycles. The van der Waals surface area contributed by atoms with Gasteiger partial charge >= 0.3 is 0 Å². The van der Waals surface area contributed by atoms with Gasteiger partial charge in [-0.15, -0.1) is 0 Å². The summed E-state index contributed by atoms with van der Waals surface area (Å²) in [6.07, 6.45) is 1.87. The van der Waals surface area contributed by atoms with E-state index in [9.17, 15) is 0 Å². The van der Waals surface area contributed by atoms with E-state index in [4.69, 9.17) is 14.2 Å². The molecule has 0 radical (unpaired) electrons. The molecule has 0 aliphatic heterocycles. The Bertz CT molecular complexity index is 67.4. The number of hydrogen-bond acceptors (Lipinski definition) is 3. The Morgan fingerprint density at radius 3 is 1.82 bits per heavy atom. The largest absolute Gasteiger partial charge is 0.381 e. The first-order valence-electron chi connectivity index (χ1n) is 3.86. The highest BCUT2D eigenvalue weighted by Crippen LogP contribution is 2.08. The highest BCUT2D eigenvalue weighted by Gasteiger charge is 2.12. The molecule has 0 aliphatic carbocycles. The third kappa shape index (κ3) is 4.35. The van der Waals surface area contributed by atoms with Crippen LogP contribution in [0.4, 0.5) is 0 Å². The summed E-state index contributed by atoms with van der Waals surface area (Å²) in [5, 5.41) is 0. The smallest absolute Gasteiger partial charge is 0.159 e. The third-order valence-corrected chi connectivity index (χ3v) is 1.77. The third-order valence-electron chi connectivity index (χ3n) is 1.77. The predicted octanol–water partition coefficient (Wildman–Crippen LogP) is 1.42. The van der Waals surface area contributed by atoms with Gasteiger partial charge in [-0.2, -0.15) is 0 Å². The number of rotatable bonds is 6. The van der Waals surface area contributed by atoms with Crippen molar-refractivity contribution in [3.8, 4) is 0 Å². The molecule has 0 N–H and O–H groups in total. The molecule has 0 aromatic carbocycles. The van der Waals surface area contributed by atoms with Crippen molar-refractivity contribution in [3.63, 3.8) is 0 Å². The molecular weight excluding hydrogens is 144 g/mol. The van der Waals surface area contributed by atoms with Gasteiger partial charge in [0.25, 0.3) is 0 Å². The topological polar surface area (TPSA) is 27.7 Å². The van der Waals surface area contributed by atoms with E-state index in [0.29, 0.717) is 0 Å². The molecule has 0 saturated carbocycles. The zero-order chi connectivity index (χ0) is 8.69. The van der Waals surface area contributed by atoms with Gasteiger partial charge in [0.1, 0.15) is 0 Å². The Morgan fingerprint density at radius 1 is 1.00 bits per heavy atom. The molecule has 0 aromatic heterocycles. The van der Waals surface area contributed by atoms with Crippen LogP contribution in [0.2, 0.25) is 0 Å². The minimum absolute atomic E-state index is 0.139. The first-order chi connectivity index (χ1) is 5.28. The SMILES string of the molecule is CCC(CC(OC)OC)OC. The normalized spacial score (nSPS) is 13.9. The highest BCUT2D eigenvalue weighted by molar-refractivity contribution is 4.56. The second kappa shape index (κ2) is 6.58. The lowest BCUT2D eigenvalue weighted by Gasteiger charge is -2.18. The number of methoxy groups -OCH3 is 3. The van der Waals surface area contributed by atoms with E-state index in [1.54, 1.807) is 21.3 Å². The van der Waals surface area contributed by atoms with Gasteiger partial charge < -0.3 is 14.2 Å². The molecule has 0 aromatic rings. The van der Waals surface area contributed by atoms with Crippen molar-refractivity contribution in [2.75, 3.05) is 21.3 Å². The Hall–Kier alpha value is -0.120. The molecule has 0 bridgehead atoms. The predicted molar refractivity (Wildman–Crippen MR) is 43.5 cm³/mol. The fourth-order valence-electron chi connectivity index (χ4n) is 0.933. The molecule has 1 unspecified atom stereocenters. The molecule has 0 heterocycles. The van der Waals surface area contributed by atoms with Crippen molar-refractivity contribution in [1.29, 1.82) is 0 Å². The summed E-state index contributed by atoms with van der Waals surface area (Å²) >= 11 is 0. The van der Waals surface area contributed by atoms with E-state index in [2.05, 4.69) is 6.92 Å². The van der Waals surface area contributed by atoms with Gasteiger partial charge in [0.2, 0.25) is 0 Å². The standard InChI is InChI=1S/C8H18O3/c1-5-7(9-2)6-8(10-3)11-4/h7-8H,5-6H2,1-4H3. The van der Waals surface area contributed by atoms with Crippen LogP contribution in [-0.4, -0.2) is 33.7 Å². The van der Waals surface area contributed by atoms with Gasteiger partial charge in [-0.25, -0.2) is 0 Å². The van der Waals surface area contributed by atoms with Crippen LogP contribution in [0, 0.1) is 0 Å². The van der Waals surface area contributed by atoms with Gasteiger partial charge in [0.15, 0.2) is 6.29 Å². The van der Waals surface area contributed by atoms with Crippen molar-refractivity contribution in [2.45, 2.75) is 32.2 Å². The van der Waals surface area contributed by atoms with Crippen LogP contribution in [0.1, 0.15) is 19.8 Å². The fourth-order valence-corrected chi connectivity index (χ4v) is 0.933. The summed E-state index contributed by atoms with van der Waals surface area (Å²) in [4.78, 5) is 0. The van der Waals surface area contributed by atoms with E-state index >= 15 is 0 Å². The Kier molecular flexibility index (Phi) is 6.51. The van der Waals surface area contributed by atoms with E-state index in [-0.39, 0.29) is 12.4 Å². The van der Waals surface area contributed by atoms with E-state index in [0.717, 1.165) is 12.8 Å². The Labute approximate surface area is 68.6 Å². The summed E-state index contributed by atoms with van der Waals surface area (Å²) in [5.41, 5.74) is 0. The zero-order valence-electron chi connectivity index (χ0n) is 7.79. The van der Waals surface area contributed by atoms with Crippen molar-refractivity contribution in [2.24, 2.45) is 0 Å². The van der Waals surface area contributed by atoms with Crippen LogP contribution in [0.25, 0.3) is 0 Å². The molecule has 11 heavy (non-hydrogen) atoms. The molecule has 3 heteroatoms. The average Bonchev–Trinajstić information content (AvgIpc) is 2.07. The fraction of sp³-hybridized carbons (Fsp3) is 1.00. The van der Waals surface area contributed by atoms with Gasteiger partial charge in [-0.1, -0.05) is 6.92 Å². The first-order valence-corrected chi connectivity index (χ1v) is 3.86. The van der Waals surface area contributed by atoms with Crippen LogP contribution >= 0.6 is 0 Å². The Balaban J connectivity index is 3.58. The lowest BCUT2D eigenvalue weighted by Crippen LogP contribution is -2.22.